The second kappa shape index (κ2) is 6.74. The van der Waals surface area contributed by atoms with Crippen molar-refractivity contribution in [2.45, 2.75) is 25.8 Å². The number of rotatable bonds is 5. The van der Waals surface area contributed by atoms with E-state index in [-0.39, 0.29) is 18.2 Å². The zero-order chi connectivity index (χ0) is 17.1. The van der Waals surface area contributed by atoms with E-state index in [9.17, 15) is 9.59 Å². The number of benzene rings is 2. The Morgan fingerprint density at radius 2 is 1.75 bits per heavy atom. The number of nitrogens with zero attached hydrogens (tertiary/aromatic N) is 1. The van der Waals surface area contributed by atoms with Crippen molar-refractivity contribution in [2.75, 3.05) is 17.3 Å². The number of hydrogen-bond acceptors (Lipinski definition) is 4. The van der Waals surface area contributed by atoms with Crippen LogP contribution in [0, 0.1) is 0 Å². The van der Waals surface area contributed by atoms with E-state index < -0.39 is 6.04 Å². The number of aryl methyl sites for hydroxylation is 1. The van der Waals surface area contributed by atoms with Crippen LogP contribution in [0.25, 0.3) is 0 Å². The van der Waals surface area contributed by atoms with E-state index in [1.807, 2.05) is 24.3 Å². The minimum Gasteiger partial charge on any atom is -0.497 e. The summed E-state index contributed by atoms with van der Waals surface area (Å²) in [5, 5.41) is 3.16. The Morgan fingerprint density at radius 3 is 2.33 bits per heavy atom. The van der Waals surface area contributed by atoms with Gasteiger partial charge in [0, 0.05) is 5.69 Å². The molecule has 5 heteroatoms. The second-order valence-electron chi connectivity index (χ2n) is 5.72. The molecule has 1 N–H and O–H groups in total. The number of ether oxygens (including phenoxy) is 1. The Kier molecular flexibility index (Phi) is 4.51. The number of imide groups is 1. The summed E-state index contributed by atoms with van der Waals surface area (Å²) in [6.45, 7) is 2.09. The van der Waals surface area contributed by atoms with Crippen LogP contribution in [0.3, 0.4) is 0 Å². The molecule has 24 heavy (non-hydrogen) atoms. The van der Waals surface area contributed by atoms with Crippen LogP contribution in [0.15, 0.2) is 48.5 Å². The molecular formula is C19H20N2O3. The van der Waals surface area contributed by atoms with E-state index in [4.69, 9.17) is 4.74 Å². The lowest BCUT2D eigenvalue weighted by Gasteiger charge is -2.16. The molecular weight excluding hydrogens is 304 g/mol. The first kappa shape index (κ1) is 16.1. The molecule has 1 aliphatic heterocycles. The van der Waals surface area contributed by atoms with Crippen LogP contribution in [0.1, 0.15) is 18.9 Å². The summed E-state index contributed by atoms with van der Waals surface area (Å²) in [5.41, 5.74) is 2.64. The van der Waals surface area contributed by atoms with Crippen molar-refractivity contribution < 1.29 is 14.3 Å². The number of amides is 2. The first-order chi connectivity index (χ1) is 11.6. The third-order valence-electron chi connectivity index (χ3n) is 4.18. The highest BCUT2D eigenvalue weighted by Gasteiger charge is 2.39. The van der Waals surface area contributed by atoms with E-state index in [2.05, 4.69) is 12.2 Å². The summed E-state index contributed by atoms with van der Waals surface area (Å²) in [6, 6.07) is 14.3. The highest BCUT2D eigenvalue weighted by Crippen LogP contribution is 2.26. The predicted octanol–water partition coefficient (Wildman–Crippen LogP) is 3.00. The standard InChI is InChI=1S/C19H20N2O3/c1-3-13-4-6-14(7-5-13)20-17-12-18(22)21(19(17)23)15-8-10-16(24-2)11-9-15/h4-11,17,20H,3,12H2,1-2H3/t17-/m1/s1. The van der Waals surface area contributed by atoms with Crippen LogP contribution < -0.4 is 15.0 Å². The van der Waals surface area contributed by atoms with Gasteiger partial charge in [0.25, 0.3) is 5.91 Å². The third-order valence-corrected chi connectivity index (χ3v) is 4.18. The highest BCUT2D eigenvalue weighted by atomic mass is 16.5. The monoisotopic (exact) mass is 324 g/mol. The number of methoxy groups -OCH3 is 1. The zero-order valence-electron chi connectivity index (χ0n) is 13.8. The van der Waals surface area contributed by atoms with Crippen molar-refractivity contribution in [3.05, 3.63) is 54.1 Å². The van der Waals surface area contributed by atoms with Gasteiger partial charge in [0.2, 0.25) is 5.91 Å². The van der Waals surface area contributed by atoms with Crippen LogP contribution in [-0.2, 0) is 16.0 Å². The quantitative estimate of drug-likeness (QED) is 0.859. The molecule has 0 bridgehead atoms. The van der Waals surface area contributed by atoms with Gasteiger partial charge in [-0.15, -0.1) is 0 Å². The topological polar surface area (TPSA) is 58.6 Å². The van der Waals surface area contributed by atoms with Gasteiger partial charge in [0.05, 0.1) is 19.2 Å². The van der Waals surface area contributed by atoms with Crippen LogP contribution in [0.5, 0.6) is 5.75 Å². The van der Waals surface area contributed by atoms with E-state index in [1.54, 1.807) is 31.4 Å². The number of nitrogens with one attached hydrogen (secondary N) is 1. The predicted molar refractivity (Wildman–Crippen MR) is 93.3 cm³/mol. The molecule has 0 unspecified atom stereocenters. The van der Waals surface area contributed by atoms with Crippen molar-refractivity contribution >= 4 is 23.2 Å². The summed E-state index contributed by atoms with van der Waals surface area (Å²) < 4.78 is 5.10. The van der Waals surface area contributed by atoms with Gasteiger partial charge in [-0.3, -0.25) is 9.59 Å². The molecule has 5 nitrogen and oxygen atoms in total. The summed E-state index contributed by atoms with van der Waals surface area (Å²) in [4.78, 5) is 26.1. The number of carbonyl (C=O) groups excluding carboxylic acids is 2. The maximum absolute atomic E-state index is 12.6. The fraction of sp³-hybridized carbons (Fsp3) is 0.263. The third kappa shape index (κ3) is 3.11. The lowest BCUT2D eigenvalue weighted by molar-refractivity contribution is -0.121. The fourth-order valence-electron chi connectivity index (χ4n) is 2.79. The SMILES string of the molecule is CCc1ccc(N[C@@H]2CC(=O)N(c3ccc(OC)cc3)C2=O)cc1. The second-order valence-corrected chi connectivity index (χ2v) is 5.72. The van der Waals surface area contributed by atoms with E-state index in [0.717, 1.165) is 12.1 Å². The van der Waals surface area contributed by atoms with Gasteiger partial charge < -0.3 is 10.1 Å². The zero-order valence-corrected chi connectivity index (χ0v) is 13.8. The molecule has 2 amide bonds. The van der Waals surface area contributed by atoms with Gasteiger partial charge in [-0.05, 0) is 48.4 Å². The van der Waals surface area contributed by atoms with E-state index >= 15 is 0 Å². The van der Waals surface area contributed by atoms with Gasteiger partial charge in [-0.25, -0.2) is 4.90 Å². The molecule has 1 atom stereocenters. The number of anilines is 2. The van der Waals surface area contributed by atoms with Crippen molar-refractivity contribution in [3.8, 4) is 5.75 Å². The average Bonchev–Trinajstić information content (AvgIpc) is 2.89. The summed E-state index contributed by atoms with van der Waals surface area (Å²) >= 11 is 0. The minimum atomic E-state index is -0.535. The smallest absolute Gasteiger partial charge is 0.256 e. The highest BCUT2D eigenvalue weighted by molar-refractivity contribution is 6.23. The van der Waals surface area contributed by atoms with E-state index in [1.165, 1.54) is 10.5 Å². The Bertz CT molecular complexity index is 738. The Hall–Kier alpha value is -2.82. The number of hydrogen-bond donors (Lipinski definition) is 1. The van der Waals surface area contributed by atoms with Gasteiger partial charge >= 0.3 is 0 Å². The molecule has 1 saturated heterocycles. The van der Waals surface area contributed by atoms with Gasteiger partial charge in [0.1, 0.15) is 11.8 Å². The Morgan fingerprint density at radius 1 is 1.08 bits per heavy atom. The van der Waals surface area contributed by atoms with Gasteiger partial charge in [-0.1, -0.05) is 19.1 Å². The van der Waals surface area contributed by atoms with Crippen molar-refractivity contribution in [2.24, 2.45) is 0 Å². The molecule has 0 spiro atoms. The van der Waals surface area contributed by atoms with Crippen LogP contribution in [0.4, 0.5) is 11.4 Å². The van der Waals surface area contributed by atoms with Crippen LogP contribution in [0.2, 0.25) is 0 Å². The Labute approximate surface area is 141 Å². The maximum Gasteiger partial charge on any atom is 0.256 e. The molecule has 1 fully saturated rings. The molecule has 2 aromatic rings. The van der Waals surface area contributed by atoms with Crippen molar-refractivity contribution in [1.82, 2.24) is 0 Å². The van der Waals surface area contributed by atoms with Gasteiger partial charge in [-0.2, -0.15) is 0 Å². The lowest BCUT2D eigenvalue weighted by atomic mass is 10.1. The first-order valence-corrected chi connectivity index (χ1v) is 7.98. The Balaban J connectivity index is 1.75. The summed E-state index contributed by atoms with van der Waals surface area (Å²) in [5.74, 6) is 0.251. The number of carbonyl (C=O) groups is 2. The van der Waals surface area contributed by atoms with Crippen LogP contribution >= 0.6 is 0 Å². The fourth-order valence-corrected chi connectivity index (χ4v) is 2.79. The molecule has 3 rings (SSSR count). The van der Waals surface area contributed by atoms with Gasteiger partial charge in [0.15, 0.2) is 0 Å². The minimum absolute atomic E-state index is 0.153. The van der Waals surface area contributed by atoms with Crippen molar-refractivity contribution in [1.29, 1.82) is 0 Å². The lowest BCUT2D eigenvalue weighted by Crippen LogP contribution is -2.34. The molecule has 0 saturated carbocycles. The summed E-state index contributed by atoms with van der Waals surface area (Å²) in [7, 11) is 1.57. The van der Waals surface area contributed by atoms with Crippen molar-refractivity contribution in [3.63, 3.8) is 0 Å². The molecule has 0 radical (unpaired) electrons. The summed E-state index contributed by atoms with van der Waals surface area (Å²) in [6.07, 6.45) is 1.12. The largest absolute Gasteiger partial charge is 0.497 e. The molecule has 2 aromatic carbocycles. The average molecular weight is 324 g/mol. The molecule has 124 valence electrons. The molecule has 1 aliphatic rings. The first-order valence-electron chi connectivity index (χ1n) is 7.98. The van der Waals surface area contributed by atoms with Crippen LogP contribution in [-0.4, -0.2) is 25.0 Å². The molecule has 0 aliphatic carbocycles. The normalized spacial score (nSPS) is 17.2. The molecule has 1 heterocycles. The maximum atomic E-state index is 12.6. The van der Waals surface area contributed by atoms with E-state index in [0.29, 0.717) is 11.4 Å². The molecule has 0 aromatic heterocycles.